The van der Waals surface area contributed by atoms with E-state index in [0.717, 1.165) is 17.8 Å². The first kappa shape index (κ1) is 12.8. The van der Waals surface area contributed by atoms with Crippen molar-refractivity contribution in [1.82, 2.24) is 0 Å². The fraction of sp³-hybridized carbons (Fsp3) is 0.467. The number of carbonyl (C=O) groups excluding carboxylic acids is 1. The molecule has 0 radical (unpaired) electrons. The van der Waals surface area contributed by atoms with Crippen molar-refractivity contribution in [2.24, 2.45) is 5.10 Å². The van der Waals surface area contributed by atoms with Crippen LogP contribution in [0.3, 0.4) is 0 Å². The van der Waals surface area contributed by atoms with Gasteiger partial charge in [-0.1, -0.05) is 31.9 Å². The summed E-state index contributed by atoms with van der Waals surface area (Å²) in [6, 6.07) is 8.17. The van der Waals surface area contributed by atoms with Crippen molar-refractivity contribution in [1.29, 1.82) is 0 Å². The van der Waals surface area contributed by atoms with Gasteiger partial charge < -0.3 is 0 Å². The van der Waals surface area contributed by atoms with Gasteiger partial charge in [-0.05, 0) is 37.5 Å². The quantitative estimate of drug-likeness (QED) is 0.729. The van der Waals surface area contributed by atoms with Crippen LogP contribution in [0.25, 0.3) is 0 Å². The number of anilines is 1. The van der Waals surface area contributed by atoms with Gasteiger partial charge in [0.05, 0.1) is 12.1 Å². The second kappa shape index (κ2) is 5.80. The lowest BCUT2D eigenvalue weighted by molar-refractivity contribution is -0.116. The molecular weight excluding hydrogens is 224 g/mol. The number of hydrogen-bond acceptors (Lipinski definition) is 2. The van der Waals surface area contributed by atoms with Crippen LogP contribution in [0.2, 0.25) is 0 Å². The molecular formula is C15H20N2O. The number of hydrazone groups is 1. The van der Waals surface area contributed by atoms with Gasteiger partial charge >= 0.3 is 0 Å². The van der Waals surface area contributed by atoms with Crippen LogP contribution in [0.5, 0.6) is 0 Å². The highest BCUT2D eigenvalue weighted by Gasteiger charge is 2.22. The molecule has 2 rings (SSSR count). The lowest BCUT2D eigenvalue weighted by Gasteiger charge is -2.12. The average molecular weight is 244 g/mol. The third-order valence-corrected chi connectivity index (χ3v) is 3.16. The first-order valence-corrected chi connectivity index (χ1v) is 6.66. The molecule has 18 heavy (non-hydrogen) atoms. The Bertz CT molecular complexity index is 448. The molecule has 0 aromatic heterocycles. The highest BCUT2D eigenvalue weighted by molar-refractivity contribution is 6.12. The molecule has 1 aromatic rings. The Balaban J connectivity index is 2.01. The maximum Gasteiger partial charge on any atom is 0.253 e. The van der Waals surface area contributed by atoms with Crippen LogP contribution in [0.1, 0.15) is 45.1 Å². The molecule has 1 heterocycles. The molecule has 3 nitrogen and oxygen atoms in total. The van der Waals surface area contributed by atoms with Gasteiger partial charge in [0.1, 0.15) is 0 Å². The van der Waals surface area contributed by atoms with Crippen molar-refractivity contribution < 1.29 is 4.79 Å². The Kier molecular flexibility index (Phi) is 4.13. The van der Waals surface area contributed by atoms with Gasteiger partial charge in [-0.25, -0.2) is 5.01 Å². The number of rotatable bonds is 5. The van der Waals surface area contributed by atoms with Crippen LogP contribution in [-0.2, 0) is 11.2 Å². The van der Waals surface area contributed by atoms with E-state index in [-0.39, 0.29) is 5.91 Å². The molecule has 1 aromatic carbocycles. The van der Waals surface area contributed by atoms with Crippen molar-refractivity contribution in [3.05, 3.63) is 29.8 Å². The van der Waals surface area contributed by atoms with Crippen LogP contribution in [-0.4, -0.2) is 11.6 Å². The van der Waals surface area contributed by atoms with Gasteiger partial charge in [-0.2, -0.15) is 5.10 Å². The fourth-order valence-corrected chi connectivity index (χ4v) is 2.14. The summed E-state index contributed by atoms with van der Waals surface area (Å²) in [6.07, 6.45) is 5.31. The first-order chi connectivity index (χ1) is 8.70. The minimum atomic E-state index is 0.0613. The maximum atomic E-state index is 11.7. The van der Waals surface area contributed by atoms with E-state index < -0.39 is 0 Å². The molecule has 0 unspecified atom stereocenters. The average Bonchev–Trinajstić information content (AvgIpc) is 2.70. The fourth-order valence-electron chi connectivity index (χ4n) is 2.14. The number of benzene rings is 1. The Morgan fingerprint density at radius 1 is 1.22 bits per heavy atom. The largest absolute Gasteiger partial charge is 0.272 e. The summed E-state index contributed by atoms with van der Waals surface area (Å²) in [5.74, 6) is 0.0613. The minimum absolute atomic E-state index is 0.0613. The van der Waals surface area contributed by atoms with Crippen LogP contribution in [0.4, 0.5) is 5.69 Å². The van der Waals surface area contributed by atoms with Crippen LogP contribution >= 0.6 is 0 Å². The summed E-state index contributed by atoms with van der Waals surface area (Å²) in [4.78, 5) is 11.7. The summed E-state index contributed by atoms with van der Waals surface area (Å²) in [7, 11) is 0. The van der Waals surface area contributed by atoms with Crippen molar-refractivity contribution in [3.8, 4) is 0 Å². The van der Waals surface area contributed by atoms with E-state index in [1.165, 1.54) is 29.8 Å². The Morgan fingerprint density at radius 3 is 2.50 bits per heavy atom. The maximum absolute atomic E-state index is 11.7. The summed E-state index contributed by atoms with van der Waals surface area (Å²) >= 11 is 0. The van der Waals surface area contributed by atoms with Gasteiger partial charge in [0, 0.05) is 5.71 Å². The SMILES string of the molecule is CCCCCc1ccc(N2N=C(C)CC2=O)cc1. The molecule has 1 aliphatic rings. The number of aryl methyl sites for hydroxylation is 1. The second-order valence-electron chi connectivity index (χ2n) is 4.84. The molecule has 0 N–H and O–H groups in total. The first-order valence-electron chi connectivity index (χ1n) is 6.66. The molecule has 0 atom stereocenters. The van der Waals surface area contributed by atoms with Crippen LogP contribution in [0, 0.1) is 0 Å². The summed E-state index contributed by atoms with van der Waals surface area (Å²) in [5.41, 5.74) is 3.09. The monoisotopic (exact) mass is 244 g/mol. The number of carbonyl (C=O) groups is 1. The molecule has 3 heteroatoms. The predicted molar refractivity (Wildman–Crippen MR) is 74.9 cm³/mol. The lowest BCUT2D eigenvalue weighted by atomic mass is 10.1. The zero-order chi connectivity index (χ0) is 13.0. The zero-order valence-electron chi connectivity index (χ0n) is 11.1. The van der Waals surface area contributed by atoms with Gasteiger partial charge in [0.15, 0.2) is 0 Å². The van der Waals surface area contributed by atoms with Crippen molar-refractivity contribution in [3.63, 3.8) is 0 Å². The molecule has 1 amide bonds. The minimum Gasteiger partial charge on any atom is -0.272 e. The number of amides is 1. The van der Waals surface area contributed by atoms with Crippen molar-refractivity contribution in [2.45, 2.75) is 46.0 Å². The van der Waals surface area contributed by atoms with Crippen molar-refractivity contribution in [2.75, 3.05) is 5.01 Å². The smallest absolute Gasteiger partial charge is 0.253 e. The summed E-state index contributed by atoms with van der Waals surface area (Å²) in [5, 5.41) is 5.75. The van der Waals surface area contributed by atoms with E-state index >= 15 is 0 Å². The normalized spacial score (nSPS) is 15.1. The third-order valence-electron chi connectivity index (χ3n) is 3.16. The second-order valence-corrected chi connectivity index (χ2v) is 4.84. The topological polar surface area (TPSA) is 32.7 Å². The van der Waals surface area contributed by atoms with Gasteiger partial charge in [0.25, 0.3) is 5.91 Å². The molecule has 0 fully saturated rings. The highest BCUT2D eigenvalue weighted by atomic mass is 16.2. The van der Waals surface area contributed by atoms with Crippen molar-refractivity contribution >= 4 is 17.3 Å². The van der Waals surface area contributed by atoms with E-state index in [1.54, 1.807) is 0 Å². The molecule has 0 aliphatic carbocycles. The number of unbranched alkanes of at least 4 members (excludes halogenated alkanes) is 2. The molecule has 96 valence electrons. The third kappa shape index (κ3) is 2.97. The molecule has 1 aliphatic heterocycles. The molecule has 0 saturated heterocycles. The van der Waals surface area contributed by atoms with Gasteiger partial charge in [-0.3, -0.25) is 4.79 Å². The number of hydrogen-bond donors (Lipinski definition) is 0. The van der Waals surface area contributed by atoms with E-state index in [0.29, 0.717) is 6.42 Å². The lowest BCUT2D eigenvalue weighted by Crippen LogP contribution is -2.19. The highest BCUT2D eigenvalue weighted by Crippen LogP contribution is 2.21. The van der Waals surface area contributed by atoms with E-state index in [9.17, 15) is 4.79 Å². The Labute approximate surface area is 108 Å². The number of nitrogens with zero attached hydrogens (tertiary/aromatic N) is 2. The van der Waals surface area contributed by atoms with Crippen LogP contribution in [0.15, 0.2) is 29.4 Å². The Morgan fingerprint density at radius 2 is 1.94 bits per heavy atom. The van der Waals surface area contributed by atoms with Gasteiger partial charge in [-0.15, -0.1) is 0 Å². The molecule has 0 saturated carbocycles. The predicted octanol–water partition coefficient (Wildman–Crippen LogP) is 3.53. The van der Waals surface area contributed by atoms with E-state index in [4.69, 9.17) is 0 Å². The van der Waals surface area contributed by atoms with Gasteiger partial charge in [0.2, 0.25) is 0 Å². The van der Waals surface area contributed by atoms with E-state index in [1.807, 2.05) is 19.1 Å². The molecule has 0 spiro atoms. The summed E-state index contributed by atoms with van der Waals surface area (Å²) in [6.45, 7) is 4.10. The standard InChI is InChI=1S/C15H20N2O/c1-3-4-5-6-13-7-9-14(10-8-13)17-15(18)11-12(2)16-17/h7-10H,3-6,11H2,1-2H3. The zero-order valence-corrected chi connectivity index (χ0v) is 11.1. The van der Waals surface area contributed by atoms with E-state index in [2.05, 4.69) is 24.2 Å². The Hall–Kier alpha value is -1.64. The van der Waals surface area contributed by atoms with Crippen LogP contribution < -0.4 is 5.01 Å². The summed E-state index contributed by atoms with van der Waals surface area (Å²) < 4.78 is 0. The molecule has 0 bridgehead atoms.